The summed E-state index contributed by atoms with van der Waals surface area (Å²) in [6.07, 6.45) is -3.35. The Morgan fingerprint density at radius 3 is 2.53 bits per heavy atom. The Morgan fingerprint density at radius 1 is 1.06 bits per heavy atom. The van der Waals surface area contributed by atoms with Gasteiger partial charge in [-0.3, -0.25) is 9.59 Å². The molecule has 0 saturated carbocycles. The fourth-order valence-electron chi connectivity index (χ4n) is 3.26. The van der Waals surface area contributed by atoms with Gasteiger partial charge in [0, 0.05) is 5.56 Å². The number of aryl methyl sites for hydroxylation is 2. The number of rotatable bonds is 4. The van der Waals surface area contributed by atoms with E-state index in [2.05, 4.69) is 15.5 Å². The van der Waals surface area contributed by atoms with Crippen molar-refractivity contribution in [2.75, 3.05) is 5.32 Å². The van der Waals surface area contributed by atoms with E-state index >= 15 is 0 Å². The van der Waals surface area contributed by atoms with Crippen molar-refractivity contribution in [2.45, 2.75) is 26.6 Å². The molecule has 0 fully saturated rings. The summed E-state index contributed by atoms with van der Waals surface area (Å²) >= 11 is 0. The molecule has 7 nitrogen and oxygen atoms in total. The molecule has 1 N–H and O–H groups in total. The highest BCUT2D eigenvalue weighted by atomic mass is 19.4. The van der Waals surface area contributed by atoms with Crippen LogP contribution in [-0.4, -0.2) is 25.3 Å². The van der Waals surface area contributed by atoms with Crippen molar-refractivity contribution < 1.29 is 18.0 Å². The standard InChI is InChI=1S/C22H18F3N5O2/c1-13-7-8-15(9-14(13)2)18-10-19-21(32)29(26-12-30(19)28-18)11-20(31)27-17-6-4-3-5-16(17)22(23,24)25/h3-10,12H,11H2,1-2H3,(H,27,31). The van der Waals surface area contributed by atoms with Crippen molar-refractivity contribution in [2.24, 2.45) is 0 Å². The molecule has 0 saturated heterocycles. The van der Waals surface area contributed by atoms with Crippen molar-refractivity contribution in [3.63, 3.8) is 0 Å². The zero-order valence-electron chi connectivity index (χ0n) is 17.1. The third kappa shape index (κ3) is 4.11. The largest absolute Gasteiger partial charge is 0.418 e. The number of halogens is 3. The van der Waals surface area contributed by atoms with Crippen LogP contribution in [0.4, 0.5) is 18.9 Å². The summed E-state index contributed by atoms with van der Waals surface area (Å²) in [7, 11) is 0. The molecule has 0 bridgehead atoms. The van der Waals surface area contributed by atoms with E-state index in [4.69, 9.17) is 0 Å². The zero-order chi connectivity index (χ0) is 23.0. The minimum atomic E-state index is -4.62. The van der Waals surface area contributed by atoms with Crippen molar-refractivity contribution in [3.8, 4) is 11.3 Å². The summed E-state index contributed by atoms with van der Waals surface area (Å²) in [5.41, 5.74) is 1.83. The lowest BCUT2D eigenvalue weighted by atomic mass is 10.0. The average Bonchev–Trinajstić information content (AvgIpc) is 3.17. The minimum Gasteiger partial charge on any atom is -0.324 e. The monoisotopic (exact) mass is 441 g/mol. The molecule has 4 aromatic rings. The predicted octanol–water partition coefficient (Wildman–Crippen LogP) is 3.83. The Labute approximate surface area is 180 Å². The van der Waals surface area contributed by atoms with Gasteiger partial charge < -0.3 is 5.32 Å². The van der Waals surface area contributed by atoms with Crippen LogP contribution in [-0.2, 0) is 17.5 Å². The summed E-state index contributed by atoms with van der Waals surface area (Å²) in [5.74, 6) is -0.811. The molecule has 10 heteroatoms. The number of carbonyl (C=O) groups is 1. The second-order valence-corrected chi connectivity index (χ2v) is 7.34. The average molecular weight is 441 g/mol. The molecular formula is C22H18F3N5O2. The first-order valence-electron chi connectivity index (χ1n) is 9.62. The highest BCUT2D eigenvalue weighted by Crippen LogP contribution is 2.34. The molecule has 0 radical (unpaired) electrons. The number of amides is 1. The second kappa shape index (κ2) is 7.95. The van der Waals surface area contributed by atoms with Gasteiger partial charge in [-0.15, -0.1) is 0 Å². The number of hydrogen-bond acceptors (Lipinski definition) is 4. The Morgan fingerprint density at radius 2 is 1.81 bits per heavy atom. The Balaban J connectivity index is 1.61. The summed E-state index contributed by atoms with van der Waals surface area (Å²) in [4.78, 5) is 25.1. The number of nitrogens with zero attached hydrogens (tertiary/aromatic N) is 4. The maximum Gasteiger partial charge on any atom is 0.418 e. The Bertz CT molecular complexity index is 1390. The highest BCUT2D eigenvalue weighted by Gasteiger charge is 2.33. The van der Waals surface area contributed by atoms with Gasteiger partial charge in [0.2, 0.25) is 5.91 Å². The lowest BCUT2D eigenvalue weighted by Crippen LogP contribution is -2.31. The van der Waals surface area contributed by atoms with E-state index in [9.17, 15) is 22.8 Å². The number of hydrogen-bond donors (Lipinski definition) is 1. The molecule has 1 amide bonds. The summed E-state index contributed by atoms with van der Waals surface area (Å²) in [5, 5.41) is 10.5. The molecule has 0 atom stereocenters. The van der Waals surface area contributed by atoms with Crippen molar-refractivity contribution >= 4 is 17.1 Å². The van der Waals surface area contributed by atoms with E-state index in [-0.39, 0.29) is 11.2 Å². The van der Waals surface area contributed by atoms with Crippen LogP contribution in [0.5, 0.6) is 0 Å². The Hall–Kier alpha value is -3.95. The summed E-state index contributed by atoms with van der Waals surface area (Å²) in [6.45, 7) is 3.41. The van der Waals surface area contributed by atoms with Crippen LogP contribution in [0, 0.1) is 13.8 Å². The van der Waals surface area contributed by atoms with E-state index in [0.717, 1.165) is 33.5 Å². The molecule has 0 aliphatic heterocycles. The second-order valence-electron chi connectivity index (χ2n) is 7.34. The Kier molecular flexibility index (Phi) is 5.29. The fourth-order valence-corrected chi connectivity index (χ4v) is 3.26. The zero-order valence-corrected chi connectivity index (χ0v) is 17.1. The van der Waals surface area contributed by atoms with Crippen LogP contribution in [0.15, 0.2) is 59.7 Å². The topological polar surface area (TPSA) is 81.3 Å². The SMILES string of the molecule is Cc1ccc(-c2cc3c(=O)n(CC(=O)Nc4ccccc4C(F)(F)F)ncn3n2)cc1C. The number of benzene rings is 2. The fraction of sp³-hybridized carbons (Fsp3) is 0.182. The van der Waals surface area contributed by atoms with Gasteiger partial charge in [-0.25, -0.2) is 9.20 Å². The molecule has 2 aromatic heterocycles. The van der Waals surface area contributed by atoms with E-state index in [1.807, 2.05) is 32.0 Å². The molecule has 2 heterocycles. The van der Waals surface area contributed by atoms with Gasteiger partial charge in [0.15, 0.2) is 0 Å². The number of nitrogens with one attached hydrogen (secondary N) is 1. The summed E-state index contributed by atoms with van der Waals surface area (Å²) < 4.78 is 41.6. The van der Waals surface area contributed by atoms with Crippen LogP contribution < -0.4 is 10.9 Å². The van der Waals surface area contributed by atoms with Crippen LogP contribution in [0.1, 0.15) is 16.7 Å². The molecule has 0 spiro atoms. The number of carbonyl (C=O) groups excluding carboxylic acids is 1. The maximum atomic E-state index is 13.1. The van der Waals surface area contributed by atoms with E-state index in [1.165, 1.54) is 23.0 Å². The smallest absolute Gasteiger partial charge is 0.324 e. The van der Waals surface area contributed by atoms with E-state index in [1.54, 1.807) is 6.07 Å². The van der Waals surface area contributed by atoms with Crippen LogP contribution in [0.2, 0.25) is 0 Å². The minimum absolute atomic E-state index is 0.191. The predicted molar refractivity (Wildman–Crippen MR) is 112 cm³/mol. The first-order valence-corrected chi connectivity index (χ1v) is 9.62. The van der Waals surface area contributed by atoms with Gasteiger partial charge in [0.25, 0.3) is 5.56 Å². The molecule has 2 aromatic carbocycles. The lowest BCUT2D eigenvalue weighted by Gasteiger charge is -2.13. The molecule has 164 valence electrons. The normalized spacial score (nSPS) is 11.7. The third-order valence-corrected chi connectivity index (χ3v) is 5.09. The molecule has 4 rings (SSSR count). The van der Waals surface area contributed by atoms with Crippen LogP contribution in [0.25, 0.3) is 16.8 Å². The van der Waals surface area contributed by atoms with Gasteiger partial charge in [0.05, 0.1) is 16.9 Å². The number of fused-ring (bicyclic) bond motifs is 1. The van der Waals surface area contributed by atoms with Gasteiger partial charge in [0.1, 0.15) is 18.4 Å². The molecule has 32 heavy (non-hydrogen) atoms. The molecular weight excluding hydrogens is 423 g/mol. The van der Waals surface area contributed by atoms with Gasteiger partial charge >= 0.3 is 6.18 Å². The van der Waals surface area contributed by atoms with Gasteiger partial charge in [-0.2, -0.15) is 23.4 Å². The first-order chi connectivity index (χ1) is 15.1. The summed E-state index contributed by atoms with van der Waals surface area (Å²) in [6, 6.07) is 12.0. The number of anilines is 1. The number of alkyl halides is 3. The quantitative estimate of drug-likeness (QED) is 0.522. The third-order valence-electron chi connectivity index (χ3n) is 5.09. The first kappa shape index (κ1) is 21.3. The molecule has 0 unspecified atom stereocenters. The van der Waals surface area contributed by atoms with Crippen molar-refractivity contribution in [1.82, 2.24) is 19.4 Å². The molecule has 0 aliphatic rings. The van der Waals surface area contributed by atoms with Crippen molar-refractivity contribution in [1.29, 1.82) is 0 Å². The number of para-hydroxylation sites is 1. The molecule has 0 aliphatic carbocycles. The van der Waals surface area contributed by atoms with E-state index < -0.39 is 29.8 Å². The van der Waals surface area contributed by atoms with Gasteiger partial charge in [-0.05, 0) is 49.2 Å². The maximum absolute atomic E-state index is 13.1. The van der Waals surface area contributed by atoms with Crippen molar-refractivity contribution in [3.05, 3.63) is 81.9 Å². The number of aromatic nitrogens is 4. The lowest BCUT2D eigenvalue weighted by molar-refractivity contribution is -0.137. The van der Waals surface area contributed by atoms with E-state index in [0.29, 0.717) is 5.69 Å². The van der Waals surface area contributed by atoms with Crippen LogP contribution in [0.3, 0.4) is 0 Å². The highest BCUT2D eigenvalue weighted by molar-refractivity contribution is 5.91. The van der Waals surface area contributed by atoms with Gasteiger partial charge in [-0.1, -0.05) is 24.3 Å². The van der Waals surface area contributed by atoms with Crippen LogP contribution >= 0.6 is 0 Å².